The van der Waals surface area contributed by atoms with E-state index in [1.165, 1.54) is 35.2 Å². The number of alkyl halides is 3. The first-order valence-electron chi connectivity index (χ1n) is 10.3. The first kappa shape index (κ1) is 23.3. The van der Waals surface area contributed by atoms with E-state index < -0.39 is 41.5 Å². The molecule has 1 aliphatic rings. The number of cyclic esters (lactones) is 1. The number of nitrogens with two attached hydrogens (primary N) is 1. The van der Waals surface area contributed by atoms with E-state index in [0.29, 0.717) is 11.1 Å². The number of carbonyl (C=O) groups excluding carboxylic acids is 1. The van der Waals surface area contributed by atoms with Crippen LogP contribution in [0.15, 0.2) is 53.3 Å². The Morgan fingerprint density at radius 1 is 1.21 bits per heavy atom. The molecule has 1 aliphatic heterocycles. The maximum Gasteiger partial charge on any atom is 0.417 e. The van der Waals surface area contributed by atoms with Crippen LogP contribution in [-0.4, -0.2) is 40.8 Å². The minimum absolute atomic E-state index is 0.0218. The third-order valence-electron chi connectivity index (χ3n) is 5.65. The number of anilines is 1. The van der Waals surface area contributed by atoms with Gasteiger partial charge in [-0.15, -0.1) is 0 Å². The maximum absolute atomic E-state index is 13.4. The smallest absolute Gasteiger partial charge is 0.417 e. The molecule has 4 N–H and O–H groups in total. The lowest BCUT2D eigenvalue weighted by atomic mass is 10.0. The van der Waals surface area contributed by atoms with E-state index in [9.17, 15) is 27.6 Å². The molecule has 8 nitrogen and oxygen atoms in total. The van der Waals surface area contributed by atoms with E-state index in [0.717, 1.165) is 6.07 Å². The third kappa shape index (κ3) is 4.60. The molecule has 34 heavy (non-hydrogen) atoms. The van der Waals surface area contributed by atoms with Crippen LogP contribution in [0.25, 0.3) is 22.0 Å². The molecule has 3 aromatic rings. The van der Waals surface area contributed by atoms with Gasteiger partial charge in [0.05, 0.1) is 12.1 Å². The fraction of sp³-hybridized carbons (Fsp3) is 0.261. The molecule has 2 atom stereocenters. The van der Waals surface area contributed by atoms with E-state index in [2.05, 4.69) is 4.98 Å². The van der Waals surface area contributed by atoms with Crippen LogP contribution in [0.2, 0.25) is 0 Å². The second kappa shape index (κ2) is 8.82. The highest BCUT2D eigenvalue weighted by atomic mass is 19.4. The molecule has 1 aromatic heterocycles. The fourth-order valence-electron chi connectivity index (χ4n) is 3.90. The van der Waals surface area contributed by atoms with Gasteiger partial charge in [-0.25, -0.2) is 4.79 Å². The molecular formula is C23H20F3N3O5. The highest BCUT2D eigenvalue weighted by Crippen LogP contribution is 2.36. The number of benzene rings is 2. The van der Waals surface area contributed by atoms with Gasteiger partial charge in [0.2, 0.25) is 0 Å². The molecule has 0 aliphatic carbocycles. The summed E-state index contributed by atoms with van der Waals surface area (Å²) < 4.78 is 45.5. The van der Waals surface area contributed by atoms with Crippen LogP contribution in [0.1, 0.15) is 18.4 Å². The number of H-pyrrole nitrogens is 1. The molecule has 4 rings (SSSR count). The Hall–Kier alpha value is -3.86. The van der Waals surface area contributed by atoms with E-state index in [-0.39, 0.29) is 36.0 Å². The summed E-state index contributed by atoms with van der Waals surface area (Å²) in [6, 6.07) is 9.90. The van der Waals surface area contributed by atoms with Crippen molar-refractivity contribution in [3.63, 3.8) is 0 Å². The van der Waals surface area contributed by atoms with Crippen molar-refractivity contribution < 1.29 is 32.6 Å². The average molecular weight is 475 g/mol. The van der Waals surface area contributed by atoms with Crippen molar-refractivity contribution in [1.29, 1.82) is 0 Å². The standard InChI is InChI=1S/C23H20F3N3O5/c24-23(25,26)17-4-2-1-3-15(17)19-9-12-5-6-13(10-16(12)20(30)28-19)29-11-14(34-22(29)33)7-8-18(27)21(31)32/h1-6,9-10,14,18H,7-8,11,27H2,(H,28,30)(H,31,32)/t14?,18-/m0/s1. The molecule has 178 valence electrons. The topological polar surface area (TPSA) is 126 Å². The third-order valence-corrected chi connectivity index (χ3v) is 5.65. The molecule has 11 heteroatoms. The van der Waals surface area contributed by atoms with E-state index >= 15 is 0 Å². The van der Waals surface area contributed by atoms with Crippen molar-refractivity contribution in [2.45, 2.75) is 31.2 Å². The zero-order valence-electron chi connectivity index (χ0n) is 17.6. The Morgan fingerprint density at radius 3 is 2.65 bits per heavy atom. The molecule has 0 radical (unpaired) electrons. The van der Waals surface area contributed by atoms with Gasteiger partial charge in [-0.1, -0.05) is 24.3 Å². The Balaban J connectivity index is 1.62. The number of aromatic nitrogens is 1. The fourth-order valence-corrected chi connectivity index (χ4v) is 3.90. The number of nitrogens with zero attached hydrogens (tertiary/aromatic N) is 1. The van der Waals surface area contributed by atoms with Gasteiger partial charge in [0, 0.05) is 22.3 Å². The van der Waals surface area contributed by atoms with Gasteiger partial charge in [0.1, 0.15) is 12.1 Å². The molecule has 0 spiro atoms. The zero-order chi connectivity index (χ0) is 24.6. The van der Waals surface area contributed by atoms with Crippen LogP contribution in [0.4, 0.5) is 23.7 Å². The van der Waals surface area contributed by atoms with Gasteiger partial charge < -0.3 is 20.6 Å². The van der Waals surface area contributed by atoms with Crippen LogP contribution in [0, 0.1) is 0 Å². The van der Waals surface area contributed by atoms with Crippen molar-refractivity contribution in [3.8, 4) is 11.3 Å². The van der Waals surface area contributed by atoms with Crippen LogP contribution in [-0.2, 0) is 15.7 Å². The second-order valence-corrected chi connectivity index (χ2v) is 7.97. The summed E-state index contributed by atoms with van der Waals surface area (Å²) in [5.41, 5.74) is 4.26. The van der Waals surface area contributed by atoms with Gasteiger partial charge >= 0.3 is 18.2 Å². The number of halogens is 3. The number of rotatable bonds is 6. The predicted molar refractivity (Wildman–Crippen MR) is 117 cm³/mol. The van der Waals surface area contributed by atoms with Crippen molar-refractivity contribution in [3.05, 3.63) is 64.4 Å². The lowest BCUT2D eigenvalue weighted by Crippen LogP contribution is -2.31. The zero-order valence-corrected chi connectivity index (χ0v) is 17.6. The summed E-state index contributed by atoms with van der Waals surface area (Å²) in [5.74, 6) is -1.15. The van der Waals surface area contributed by atoms with Crippen LogP contribution in [0.3, 0.4) is 0 Å². The van der Waals surface area contributed by atoms with Crippen molar-refractivity contribution >= 4 is 28.5 Å². The number of pyridine rings is 1. The Bertz CT molecular complexity index is 1320. The maximum atomic E-state index is 13.4. The number of aromatic amines is 1. The van der Waals surface area contributed by atoms with Crippen LogP contribution in [0.5, 0.6) is 0 Å². The Kier molecular flexibility index (Phi) is 6.05. The summed E-state index contributed by atoms with van der Waals surface area (Å²) in [6.45, 7) is 0.144. The molecule has 1 fully saturated rings. The molecular weight excluding hydrogens is 455 g/mol. The van der Waals surface area contributed by atoms with Gasteiger partial charge in [-0.05, 0) is 42.5 Å². The molecule has 0 bridgehead atoms. The lowest BCUT2D eigenvalue weighted by Gasteiger charge is -2.15. The number of carbonyl (C=O) groups is 2. The number of nitrogens with one attached hydrogen (secondary N) is 1. The monoisotopic (exact) mass is 475 g/mol. The minimum atomic E-state index is -4.59. The summed E-state index contributed by atoms with van der Waals surface area (Å²) in [7, 11) is 0. The molecule has 2 heterocycles. The first-order valence-corrected chi connectivity index (χ1v) is 10.3. The molecule has 1 unspecified atom stereocenters. The number of carboxylic acids is 1. The molecule has 2 aromatic carbocycles. The quantitative estimate of drug-likeness (QED) is 0.499. The Labute approximate surface area is 190 Å². The van der Waals surface area contributed by atoms with Gasteiger partial charge in [-0.2, -0.15) is 13.2 Å². The van der Waals surface area contributed by atoms with Gasteiger partial charge in [0.25, 0.3) is 5.56 Å². The summed E-state index contributed by atoms with van der Waals surface area (Å²) in [5, 5.41) is 9.47. The van der Waals surface area contributed by atoms with Gasteiger partial charge in [0.15, 0.2) is 0 Å². The summed E-state index contributed by atoms with van der Waals surface area (Å²) >= 11 is 0. The van der Waals surface area contributed by atoms with Gasteiger partial charge in [-0.3, -0.25) is 14.5 Å². The van der Waals surface area contributed by atoms with E-state index in [1.54, 1.807) is 12.1 Å². The molecule has 0 saturated carbocycles. The average Bonchev–Trinajstić information content (AvgIpc) is 3.17. The summed E-state index contributed by atoms with van der Waals surface area (Å²) in [6.07, 6.45) is -5.42. The highest BCUT2D eigenvalue weighted by Gasteiger charge is 2.34. The van der Waals surface area contributed by atoms with Crippen LogP contribution < -0.4 is 16.2 Å². The van der Waals surface area contributed by atoms with E-state index in [1.807, 2.05) is 0 Å². The number of aliphatic carboxylic acids is 1. The number of hydrogen-bond acceptors (Lipinski definition) is 5. The highest BCUT2D eigenvalue weighted by molar-refractivity contribution is 5.94. The first-order chi connectivity index (χ1) is 16.0. The molecule has 1 amide bonds. The predicted octanol–water partition coefficient (Wildman–Crippen LogP) is 3.73. The molecule has 1 saturated heterocycles. The number of fused-ring (bicyclic) bond motifs is 1. The Morgan fingerprint density at radius 2 is 1.94 bits per heavy atom. The van der Waals surface area contributed by atoms with Crippen molar-refractivity contribution in [2.24, 2.45) is 5.73 Å². The largest absolute Gasteiger partial charge is 0.480 e. The number of carboxylic acid groups (broad SMARTS) is 1. The summed E-state index contributed by atoms with van der Waals surface area (Å²) in [4.78, 5) is 39.7. The second-order valence-electron chi connectivity index (χ2n) is 7.97. The van der Waals surface area contributed by atoms with E-state index in [4.69, 9.17) is 15.6 Å². The SMILES string of the molecule is N[C@@H](CCC1CN(c2ccc3cc(-c4ccccc4C(F)(F)F)[nH]c(=O)c3c2)C(=O)O1)C(=O)O. The van der Waals surface area contributed by atoms with Crippen molar-refractivity contribution in [1.82, 2.24) is 4.98 Å². The van der Waals surface area contributed by atoms with Crippen molar-refractivity contribution in [2.75, 3.05) is 11.4 Å². The number of ether oxygens (including phenoxy) is 1. The normalized spacial score (nSPS) is 17.1. The minimum Gasteiger partial charge on any atom is -0.480 e. The van der Waals surface area contributed by atoms with Crippen LogP contribution >= 0.6 is 0 Å². The number of amides is 1. The lowest BCUT2D eigenvalue weighted by molar-refractivity contribution is -0.139. The number of hydrogen-bond donors (Lipinski definition) is 3.